The van der Waals surface area contributed by atoms with Crippen molar-refractivity contribution in [1.29, 1.82) is 0 Å². The third-order valence-electron chi connectivity index (χ3n) is 5.06. The number of anilines is 1. The molecule has 0 radical (unpaired) electrons. The zero-order valence-electron chi connectivity index (χ0n) is 17.4. The van der Waals surface area contributed by atoms with Crippen LogP contribution in [-0.2, 0) is 16.0 Å². The fourth-order valence-corrected chi connectivity index (χ4v) is 3.50. The van der Waals surface area contributed by atoms with E-state index in [2.05, 4.69) is 12.2 Å². The number of rotatable bonds is 9. The van der Waals surface area contributed by atoms with Crippen LogP contribution in [0.1, 0.15) is 37.9 Å². The van der Waals surface area contributed by atoms with Crippen LogP contribution in [0.4, 0.5) is 5.69 Å². The van der Waals surface area contributed by atoms with Gasteiger partial charge in [-0.05, 0) is 31.9 Å². The van der Waals surface area contributed by atoms with E-state index in [1.807, 2.05) is 80.4 Å². The normalized spacial score (nSPS) is 12.9. The van der Waals surface area contributed by atoms with Gasteiger partial charge in [0.1, 0.15) is 0 Å². The van der Waals surface area contributed by atoms with Crippen molar-refractivity contribution in [3.63, 3.8) is 0 Å². The fourth-order valence-electron chi connectivity index (χ4n) is 3.50. The summed E-state index contributed by atoms with van der Waals surface area (Å²) < 4.78 is 0. The molecule has 5 heteroatoms. The summed E-state index contributed by atoms with van der Waals surface area (Å²) >= 11 is 0. The van der Waals surface area contributed by atoms with Crippen LogP contribution in [0.3, 0.4) is 0 Å². The summed E-state index contributed by atoms with van der Waals surface area (Å²) in [7, 11) is 1.91. The number of quaternary nitrogens is 1. The second-order valence-electron chi connectivity index (χ2n) is 6.94. The molecule has 2 aromatic carbocycles. The summed E-state index contributed by atoms with van der Waals surface area (Å²) in [6.07, 6.45) is 0.853. The zero-order chi connectivity index (χ0) is 20.5. The van der Waals surface area contributed by atoms with Crippen molar-refractivity contribution in [3.05, 3.63) is 65.7 Å². The number of hydrogen-bond donors (Lipinski definition) is 2. The number of amides is 2. The van der Waals surface area contributed by atoms with Gasteiger partial charge in [0.2, 0.25) is 0 Å². The maximum absolute atomic E-state index is 13.2. The molecule has 0 heterocycles. The lowest BCUT2D eigenvalue weighted by molar-refractivity contribution is -0.894. The highest BCUT2D eigenvalue weighted by Gasteiger charge is 2.33. The topological polar surface area (TPSA) is 53.9 Å². The van der Waals surface area contributed by atoms with Crippen molar-refractivity contribution >= 4 is 17.5 Å². The van der Waals surface area contributed by atoms with Crippen molar-refractivity contribution in [2.24, 2.45) is 0 Å². The average molecular weight is 383 g/mol. The van der Waals surface area contributed by atoms with Crippen LogP contribution in [0.2, 0.25) is 0 Å². The summed E-state index contributed by atoms with van der Waals surface area (Å²) in [5.74, 6) is -0.0397. The van der Waals surface area contributed by atoms with E-state index in [-0.39, 0.29) is 18.4 Å². The quantitative estimate of drug-likeness (QED) is 0.699. The van der Waals surface area contributed by atoms with Gasteiger partial charge in [-0.25, -0.2) is 0 Å². The van der Waals surface area contributed by atoms with Gasteiger partial charge in [0.05, 0.1) is 7.05 Å². The molecule has 2 amide bonds. The smallest absolute Gasteiger partial charge is 0.285 e. The molecule has 0 spiro atoms. The number of nitrogens with one attached hydrogen (secondary N) is 2. The minimum atomic E-state index is -0.409. The first-order valence-electron chi connectivity index (χ1n) is 10.1. The number of carbonyl (C=O) groups is 2. The van der Waals surface area contributed by atoms with Crippen molar-refractivity contribution in [3.8, 4) is 0 Å². The maximum Gasteiger partial charge on any atom is 0.285 e. The third kappa shape index (κ3) is 5.42. The van der Waals surface area contributed by atoms with E-state index < -0.39 is 6.04 Å². The monoisotopic (exact) mass is 382 g/mol. The van der Waals surface area contributed by atoms with E-state index in [0.29, 0.717) is 13.1 Å². The molecule has 5 nitrogen and oxygen atoms in total. The number of likely N-dealkylation sites (N-methyl/N-ethyl adjacent to an activating group) is 2. The molecule has 28 heavy (non-hydrogen) atoms. The lowest BCUT2D eigenvalue weighted by Gasteiger charge is -2.29. The van der Waals surface area contributed by atoms with Gasteiger partial charge in [0.15, 0.2) is 12.6 Å². The Hall–Kier alpha value is -2.66. The molecular formula is C23H32N3O2+. The van der Waals surface area contributed by atoms with Crippen LogP contribution in [0, 0.1) is 0 Å². The first-order valence-corrected chi connectivity index (χ1v) is 10.1. The number of carbonyl (C=O) groups excluding carboxylic acids is 2. The van der Waals surface area contributed by atoms with E-state index in [4.69, 9.17) is 0 Å². The van der Waals surface area contributed by atoms with Crippen LogP contribution in [0.15, 0.2) is 54.6 Å². The molecule has 0 fully saturated rings. The lowest BCUT2D eigenvalue weighted by atomic mass is 10.0. The van der Waals surface area contributed by atoms with E-state index >= 15 is 0 Å². The highest BCUT2D eigenvalue weighted by atomic mass is 16.2. The molecule has 2 atom stereocenters. The highest BCUT2D eigenvalue weighted by Crippen LogP contribution is 2.15. The summed E-state index contributed by atoms with van der Waals surface area (Å²) in [5.41, 5.74) is 2.88. The molecule has 0 aliphatic heterocycles. The fraction of sp³-hybridized carbons (Fsp3) is 0.391. The molecule has 0 bridgehead atoms. The molecule has 1 unspecified atom stereocenters. The molecular weight excluding hydrogens is 350 g/mol. The van der Waals surface area contributed by atoms with Gasteiger partial charge in [0, 0.05) is 24.3 Å². The SMILES string of the molecule is CCc1ccccc1NC(=O)C[NH+](C)[C@@H](C(=O)N(CC)CC)c1ccccc1. The highest BCUT2D eigenvalue weighted by molar-refractivity contribution is 5.92. The van der Waals surface area contributed by atoms with E-state index in [1.165, 1.54) is 0 Å². The minimum absolute atomic E-state index is 0.0514. The van der Waals surface area contributed by atoms with Gasteiger partial charge in [-0.15, -0.1) is 0 Å². The van der Waals surface area contributed by atoms with Crippen LogP contribution in [0.25, 0.3) is 0 Å². The summed E-state index contributed by atoms with van der Waals surface area (Å²) in [4.78, 5) is 28.5. The van der Waals surface area contributed by atoms with Gasteiger partial charge in [-0.2, -0.15) is 0 Å². The Bertz CT molecular complexity index is 772. The summed E-state index contributed by atoms with van der Waals surface area (Å²) in [6.45, 7) is 7.55. The standard InChI is InChI=1S/C23H31N3O2/c1-5-18-13-11-12-16-20(18)24-21(27)17-25(4)22(19-14-9-8-10-15-19)23(28)26(6-2)7-3/h8-16,22H,5-7,17H2,1-4H3,(H,24,27)/p+1/t22-/m1/s1. The zero-order valence-corrected chi connectivity index (χ0v) is 17.4. The largest absolute Gasteiger partial charge is 0.338 e. The Labute approximate surface area is 168 Å². The summed E-state index contributed by atoms with van der Waals surface area (Å²) in [5, 5.41) is 3.01. The lowest BCUT2D eigenvalue weighted by Crippen LogP contribution is -3.11. The van der Waals surface area contributed by atoms with Crippen LogP contribution in [-0.4, -0.2) is 43.4 Å². The molecule has 2 aromatic rings. The van der Waals surface area contributed by atoms with E-state index in [0.717, 1.165) is 28.1 Å². The van der Waals surface area contributed by atoms with Crippen LogP contribution in [0.5, 0.6) is 0 Å². The Balaban J connectivity index is 2.19. The number of aryl methyl sites for hydroxylation is 1. The third-order valence-corrected chi connectivity index (χ3v) is 5.06. The van der Waals surface area contributed by atoms with Crippen molar-refractivity contribution < 1.29 is 14.5 Å². The number of para-hydroxylation sites is 1. The Kier molecular flexibility index (Phi) is 8.20. The van der Waals surface area contributed by atoms with Crippen molar-refractivity contribution in [2.75, 3.05) is 32.0 Å². The molecule has 0 aliphatic rings. The van der Waals surface area contributed by atoms with Gasteiger partial charge in [0.25, 0.3) is 11.8 Å². The first-order chi connectivity index (χ1) is 13.5. The second-order valence-corrected chi connectivity index (χ2v) is 6.94. The second kappa shape index (κ2) is 10.6. The van der Waals surface area contributed by atoms with Crippen LogP contribution < -0.4 is 10.2 Å². The Morgan fingerprint density at radius 2 is 1.57 bits per heavy atom. The maximum atomic E-state index is 13.2. The average Bonchev–Trinajstić information content (AvgIpc) is 2.70. The van der Waals surface area contributed by atoms with Crippen molar-refractivity contribution in [1.82, 2.24) is 4.90 Å². The summed E-state index contributed by atoms with van der Waals surface area (Å²) in [6, 6.07) is 17.1. The van der Waals surface area contributed by atoms with Gasteiger partial charge >= 0.3 is 0 Å². The van der Waals surface area contributed by atoms with E-state index in [9.17, 15) is 9.59 Å². The molecule has 2 N–H and O–H groups in total. The molecule has 0 aliphatic carbocycles. The Morgan fingerprint density at radius 1 is 0.964 bits per heavy atom. The van der Waals surface area contributed by atoms with Crippen molar-refractivity contribution in [2.45, 2.75) is 33.2 Å². The minimum Gasteiger partial charge on any atom is -0.338 e. The number of hydrogen-bond acceptors (Lipinski definition) is 2. The number of benzene rings is 2. The molecule has 2 rings (SSSR count). The predicted octanol–water partition coefficient (Wildman–Crippen LogP) is 2.31. The Morgan fingerprint density at radius 3 is 2.18 bits per heavy atom. The molecule has 150 valence electrons. The van der Waals surface area contributed by atoms with Gasteiger partial charge in [-0.3, -0.25) is 9.59 Å². The first kappa shape index (κ1) is 21.6. The van der Waals surface area contributed by atoms with Gasteiger partial charge in [-0.1, -0.05) is 55.5 Å². The number of nitrogens with zero attached hydrogens (tertiary/aromatic N) is 1. The molecule has 0 aromatic heterocycles. The van der Waals surface area contributed by atoms with Crippen LogP contribution >= 0.6 is 0 Å². The van der Waals surface area contributed by atoms with Gasteiger partial charge < -0.3 is 15.1 Å². The van der Waals surface area contributed by atoms with E-state index in [1.54, 1.807) is 0 Å². The molecule has 0 saturated heterocycles. The molecule has 0 saturated carbocycles. The predicted molar refractivity (Wildman–Crippen MR) is 113 cm³/mol.